The lowest BCUT2D eigenvalue weighted by molar-refractivity contribution is 0.0588. The van der Waals surface area contributed by atoms with Crippen molar-refractivity contribution in [2.75, 3.05) is 28.4 Å². The van der Waals surface area contributed by atoms with Crippen LogP contribution in [-0.4, -0.2) is 58.9 Å². The molecule has 228 valence electrons. The second kappa shape index (κ2) is 13.8. The summed E-state index contributed by atoms with van der Waals surface area (Å²) in [6.45, 7) is 1.94. The molecule has 0 spiro atoms. The van der Waals surface area contributed by atoms with E-state index in [-0.39, 0.29) is 42.6 Å². The molecule has 5 rings (SSSR count). The number of ether oxygens (including phenoxy) is 5. The van der Waals surface area contributed by atoms with Crippen LogP contribution in [0.25, 0.3) is 22.0 Å². The highest BCUT2D eigenvalue weighted by Gasteiger charge is 2.27. The largest absolute Gasteiger partial charge is 0.493 e. The third-order valence-electron chi connectivity index (χ3n) is 6.70. The van der Waals surface area contributed by atoms with Gasteiger partial charge >= 0.3 is 5.97 Å². The van der Waals surface area contributed by atoms with Gasteiger partial charge in [0.1, 0.15) is 17.8 Å². The monoisotopic (exact) mass is 619 g/mol. The van der Waals surface area contributed by atoms with Crippen molar-refractivity contribution >= 4 is 29.3 Å². The van der Waals surface area contributed by atoms with Gasteiger partial charge in [0.25, 0.3) is 5.56 Å². The number of carbonyl (C=O) groups excluding carboxylic acids is 1. The number of carbonyl (C=O) groups is 1. The van der Waals surface area contributed by atoms with Crippen molar-refractivity contribution in [2.45, 2.75) is 20.1 Å². The van der Waals surface area contributed by atoms with Crippen LogP contribution in [-0.2, 0) is 17.9 Å². The highest BCUT2D eigenvalue weighted by atomic mass is 35.5. The molecule has 13 heteroatoms. The van der Waals surface area contributed by atoms with E-state index in [2.05, 4.69) is 19.9 Å². The van der Waals surface area contributed by atoms with Gasteiger partial charge in [-0.1, -0.05) is 0 Å². The molecule has 0 aliphatic carbocycles. The summed E-state index contributed by atoms with van der Waals surface area (Å²) in [5.41, 5.74) is 1.99. The topological polar surface area (TPSA) is 137 Å². The molecule has 0 radical (unpaired) electrons. The Morgan fingerprint density at radius 3 is 2.20 bits per heavy atom. The van der Waals surface area contributed by atoms with Gasteiger partial charge in [-0.25, -0.2) is 19.7 Å². The average molecular weight is 620 g/mol. The zero-order chi connectivity index (χ0) is 30.5. The van der Waals surface area contributed by atoms with Gasteiger partial charge in [0.05, 0.1) is 35.0 Å². The fourth-order valence-corrected chi connectivity index (χ4v) is 4.78. The van der Waals surface area contributed by atoms with Crippen LogP contribution in [0.5, 0.6) is 23.1 Å². The Kier molecular flexibility index (Phi) is 9.96. The summed E-state index contributed by atoms with van der Waals surface area (Å²) < 4.78 is 29.1. The average Bonchev–Trinajstić information content (AvgIpc) is 3.04. The van der Waals surface area contributed by atoms with Crippen LogP contribution in [0.1, 0.15) is 27.6 Å². The van der Waals surface area contributed by atoms with E-state index in [1.54, 1.807) is 55.0 Å². The molecule has 0 saturated carbocycles. The first-order valence-corrected chi connectivity index (χ1v) is 13.1. The molecule has 0 atom stereocenters. The van der Waals surface area contributed by atoms with Crippen molar-refractivity contribution in [1.29, 1.82) is 0 Å². The highest BCUT2D eigenvalue weighted by molar-refractivity contribution is 6.06. The maximum absolute atomic E-state index is 14.1. The number of aromatic nitrogens is 5. The molecule has 0 unspecified atom stereocenters. The predicted octanol–water partition coefficient (Wildman–Crippen LogP) is 4.42. The molecule has 0 fully saturated rings. The fourth-order valence-electron chi connectivity index (χ4n) is 4.78. The van der Waals surface area contributed by atoms with Gasteiger partial charge in [0.2, 0.25) is 11.6 Å². The summed E-state index contributed by atoms with van der Waals surface area (Å²) >= 11 is 0. The fraction of sp³-hybridized carbons (Fsp3) is 0.226. The quantitative estimate of drug-likeness (QED) is 0.205. The van der Waals surface area contributed by atoms with E-state index < -0.39 is 11.5 Å². The molecule has 0 saturated heterocycles. The zero-order valence-corrected chi connectivity index (χ0v) is 25.5. The lowest BCUT2D eigenvalue weighted by atomic mass is 9.97. The third-order valence-corrected chi connectivity index (χ3v) is 6.70. The number of nitrogens with zero attached hydrogens (tertiary/aromatic N) is 5. The van der Waals surface area contributed by atoms with Crippen LogP contribution in [0.15, 0.2) is 65.8 Å². The van der Waals surface area contributed by atoms with E-state index in [0.717, 1.165) is 11.3 Å². The normalized spacial score (nSPS) is 10.6. The molecule has 44 heavy (non-hydrogen) atoms. The summed E-state index contributed by atoms with van der Waals surface area (Å²) in [6, 6.07) is 12.0. The Balaban J connectivity index is 0.00000442. The molecule has 1 aromatic carbocycles. The summed E-state index contributed by atoms with van der Waals surface area (Å²) in [7, 11) is 5.75. The van der Waals surface area contributed by atoms with Crippen molar-refractivity contribution in [1.82, 2.24) is 24.5 Å². The van der Waals surface area contributed by atoms with Crippen molar-refractivity contribution in [2.24, 2.45) is 0 Å². The van der Waals surface area contributed by atoms with Crippen molar-refractivity contribution in [3.05, 3.63) is 94.2 Å². The van der Waals surface area contributed by atoms with Crippen LogP contribution in [0.2, 0.25) is 0 Å². The van der Waals surface area contributed by atoms with Crippen LogP contribution < -0.4 is 24.5 Å². The zero-order valence-electron chi connectivity index (χ0n) is 24.7. The van der Waals surface area contributed by atoms with Gasteiger partial charge in [-0.15, -0.1) is 12.4 Å². The summed E-state index contributed by atoms with van der Waals surface area (Å²) in [4.78, 5) is 44.8. The number of benzene rings is 1. The number of esters is 1. The summed E-state index contributed by atoms with van der Waals surface area (Å²) in [6.07, 6.45) is 4.86. The van der Waals surface area contributed by atoms with E-state index in [0.29, 0.717) is 39.6 Å². The minimum Gasteiger partial charge on any atom is -0.493 e. The Labute approximate surface area is 259 Å². The van der Waals surface area contributed by atoms with Gasteiger partial charge in [0, 0.05) is 41.3 Å². The molecule has 0 bridgehead atoms. The van der Waals surface area contributed by atoms with Gasteiger partial charge in [-0.05, 0) is 54.4 Å². The first-order chi connectivity index (χ1) is 20.9. The number of halogens is 1. The number of aryl methyl sites for hydroxylation is 1. The molecule has 0 amide bonds. The molecular formula is C31H30ClN5O7. The number of hydrogen-bond acceptors (Lipinski definition) is 11. The number of rotatable bonds is 10. The predicted molar refractivity (Wildman–Crippen MR) is 164 cm³/mol. The van der Waals surface area contributed by atoms with E-state index >= 15 is 0 Å². The van der Waals surface area contributed by atoms with Crippen LogP contribution in [0, 0.1) is 6.92 Å². The first-order valence-electron chi connectivity index (χ1n) is 13.1. The molecule has 12 nitrogen and oxygen atoms in total. The van der Waals surface area contributed by atoms with Crippen molar-refractivity contribution < 1.29 is 28.5 Å². The number of pyridine rings is 3. The van der Waals surface area contributed by atoms with E-state index in [4.69, 9.17) is 23.7 Å². The second-order valence-electron chi connectivity index (χ2n) is 9.33. The van der Waals surface area contributed by atoms with Gasteiger partial charge < -0.3 is 23.7 Å². The Hall–Kier alpha value is -5.23. The Morgan fingerprint density at radius 1 is 0.886 bits per heavy atom. The minimum atomic E-state index is -0.713. The van der Waals surface area contributed by atoms with Crippen molar-refractivity contribution in [3.8, 4) is 34.3 Å². The lowest BCUT2D eigenvalue weighted by Gasteiger charge is -2.20. The molecular weight excluding hydrogens is 590 g/mol. The highest BCUT2D eigenvalue weighted by Crippen LogP contribution is 2.43. The molecule has 0 aliphatic rings. The van der Waals surface area contributed by atoms with E-state index in [9.17, 15) is 9.59 Å². The first kappa shape index (κ1) is 31.7. The van der Waals surface area contributed by atoms with Crippen LogP contribution in [0.3, 0.4) is 0 Å². The number of methoxy groups -OCH3 is 4. The summed E-state index contributed by atoms with van der Waals surface area (Å²) in [5.74, 6) is 1.02. The maximum atomic E-state index is 14.1. The minimum absolute atomic E-state index is 0. The summed E-state index contributed by atoms with van der Waals surface area (Å²) in [5, 5.41) is 0.394. The van der Waals surface area contributed by atoms with Crippen LogP contribution in [0.4, 0.5) is 0 Å². The number of hydrogen-bond donors (Lipinski definition) is 0. The molecule has 0 aliphatic heterocycles. The van der Waals surface area contributed by atoms with Gasteiger partial charge in [-0.3, -0.25) is 14.3 Å². The smallest absolute Gasteiger partial charge is 0.355 e. The SMILES string of the molecule is COC(=O)c1c(-c2cc(OC)c(OC)c(OC)c2)c2ccc(OCc3ncccn3)nc2c(=O)n1Cc1ccnc(C)c1.Cl. The molecule has 4 aromatic heterocycles. The molecule has 4 heterocycles. The van der Waals surface area contributed by atoms with Gasteiger partial charge in [0.15, 0.2) is 17.3 Å². The second-order valence-corrected chi connectivity index (χ2v) is 9.33. The van der Waals surface area contributed by atoms with Gasteiger partial charge in [-0.2, -0.15) is 0 Å². The third kappa shape index (κ3) is 6.25. The Morgan fingerprint density at radius 2 is 1.59 bits per heavy atom. The van der Waals surface area contributed by atoms with E-state index in [1.165, 1.54) is 33.0 Å². The number of fused-ring (bicyclic) bond motifs is 1. The molecule has 5 aromatic rings. The lowest BCUT2D eigenvalue weighted by Crippen LogP contribution is -2.29. The Bertz CT molecular complexity index is 1840. The maximum Gasteiger partial charge on any atom is 0.355 e. The van der Waals surface area contributed by atoms with Crippen LogP contribution >= 0.6 is 12.4 Å². The van der Waals surface area contributed by atoms with E-state index in [1.807, 2.05) is 13.0 Å². The molecule has 0 N–H and O–H groups in total. The standard InChI is InChI=1S/C31H29N5O7.ClH/c1-18-13-19(9-12-32-18)16-36-28(31(38)42-5)26(20-14-22(39-2)29(41-4)23(15-20)40-3)21-7-8-25(35-27(21)30(36)37)43-17-24-33-10-6-11-34-24;/h6-15H,16-17H2,1-5H3;1H. The van der Waals surface area contributed by atoms with Crippen molar-refractivity contribution in [3.63, 3.8) is 0 Å².